The van der Waals surface area contributed by atoms with Crippen molar-refractivity contribution in [3.05, 3.63) is 77.1 Å². The Labute approximate surface area is 204 Å². The van der Waals surface area contributed by atoms with Gasteiger partial charge in [0.15, 0.2) is 0 Å². The number of benzene rings is 1. The van der Waals surface area contributed by atoms with E-state index in [2.05, 4.69) is 10.3 Å². The quantitative estimate of drug-likeness (QED) is 0.279. The average Bonchev–Trinajstić information content (AvgIpc) is 3.23. The van der Waals surface area contributed by atoms with E-state index in [4.69, 9.17) is 9.84 Å². The number of hydrogen-bond acceptors (Lipinski definition) is 4. The molecule has 2 N–H and O–H groups in total. The second-order valence-corrected chi connectivity index (χ2v) is 8.15. The topological polar surface area (TPSA) is 93.5 Å². The number of aliphatic carboxylic acids is 1. The van der Waals surface area contributed by atoms with E-state index in [1.807, 2.05) is 13.8 Å². The Kier molecular flexibility index (Phi) is 8.33. The molecule has 0 aliphatic heterocycles. The van der Waals surface area contributed by atoms with E-state index in [0.29, 0.717) is 18.6 Å². The Balaban J connectivity index is 1.85. The Bertz CT molecular complexity index is 1220. The highest BCUT2D eigenvalue weighted by atomic mass is 19.4. The molecule has 2 aromatic heterocycles. The van der Waals surface area contributed by atoms with Crippen LogP contribution in [0.1, 0.15) is 53.6 Å². The van der Waals surface area contributed by atoms with Gasteiger partial charge in [0, 0.05) is 18.2 Å². The molecule has 36 heavy (non-hydrogen) atoms. The summed E-state index contributed by atoms with van der Waals surface area (Å²) in [5.74, 6) is -2.23. The van der Waals surface area contributed by atoms with Crippen LogP contribution in [0.5, 0.6) is 5.75 Å². The minimum absolute atomic E-state index is 0.122. The van der Waals surface area contributed by atoms with Crippen LogP contribution in [-0.2, 0) is 23.8 Å². The number of amides is 1. The maximum atomic E-state index is 13.6. The van der Waals surface area contributed by atoms with E-state index in [1.165, 1.54) is 24.4 Å². The molecule has 0 bridgehead atoms. The van der Waals surface area contributed by atoms with Gasteiger partial charge in [-0.2, -0.15) is 17.6 Å². The van der Waals surface area contributed by atoms with Crippen molar-refractivity contribution in [2.45, 2.75) is 45.3 Å². The van der Waals surface area contributed by atoms with Crippen molar-refractivity contribution in [2.24, 2.45) is 0 Å². The van der Waals surface area contributed by atoms with Gasteiger partial charge >= 0.3 is 12.1 Å². The lowest BCUT2D eigenvalue weighted by molar-refractivity contribution is -0.137. The van der Waals surface area contributed by atoms with Crippen LogP contribution < -0.4 is 10.1 Å². The van der Waals surface area contributed by atoms with Gasteiger partial charge in [-0.3, -0.25) is 9.59 Å². The van der Waals surface area contributed by atoms with Crippen molar-refractivity contribution in [1.82, 2.24) is 9.55 Å². The van der Waals surface area contributed by atoms with Gasteiger partial charge in [0.1, 0.15) is 11.4 Å². The molecule has 0 aliphatic rings. The molecule has 0 aliphatic carbocycles. The van der Waals surface area contributed by atoms with Crippen molar-refractivity contribution in [1.29, 1.82) is 0 Å². The van der Waals surface area contributed by atoms with E-state index >= 15 is 0 Å². The van der Waals surface area contributed by atoms with Crippen LogP contribution in [0.3, 0.4) is 0 Å². The van der Waals surface area contributed by atoms with E-state index in [-0.39, 0.29) is 23.9 Å². The summed E-state index contributed by atoms with van der Waals surface area (Å²) < 4.78 is 60.9. The molecular formula is C25H25F4N3O4. The summed E-state index contributed by atoms with van der Waals surface area (Å²) in [6, 6.07) is 8.52. The summed E-state index contributed by atoms with van der Waals surface area (Å²) in [6.07, 6.45) is -2.97. The second-order valence-electron chi connectivity index (χ2n) is 8.15. The largest absolute Gasteiger partial charge is 0.492 e. The number of pyridine rings is 1. The molecule has 0 fully saturated rings. The van der Waals surface area contributed by atoms with Gasteiger partial charge in [-0.25, -0.2) is 4.98 Å². The SMILES string of the molecule is CC[C@H](C)n1c(CCOc2ccc(F)nc2)ccc1C(=O)Nc1cc(CC(=O)O)ccc1C(F)(F)F. The standard InChI is InChI=1S/C25H25F4N3O4/c1-3-15(2)32-17(10-11-36-18-6-9-22(26)30-14-18)5-8-21(32)24(35)31-20-12-16(13-23(33)34)4-7-19(20)25(27,28)29/h4-9,12,14-15H,3,10-11,13H2,1-2H3,(H,31,35)(H,33,34)/t15-/m0/s1. The highest BCUT2D eigenvalue weighted by Crippen LogP contribution is 2.36. The smallest absolute Gasteiger partial charge is 0.418 e. The van der Waals surface area contributed by atoms with Gasteiger partial charge in [-0.05, 0) is 55.3 Å². The maximum Gasteiger partial charge on any atom is 0.418 e. The molecule has 192 valence electrons. The molecule has 11 heteroatoms. The normalized spacial score (nSPS) is 12.3. The summed E-state index contributed by atoms with van der Waals surface area (Å²) in [5.41, 5.74) is -0.596. The molecule has 1 amide bonds. The molecule has 0 saturated heterocycles. The van der Waals surface area contributed by atoms with Gasteiger partial charge in [0.25, 0.3) is 5.91 Å². The highest BCUT2D eigenvalue weighted by Gasteiger charge is 2.34. The number of nitrogens with zero attached hydrogens (tertiary/aromatic N) is 2. The number of alkyl halides is 3. The van der Waals surface area contributed by atoms with Crippen molar-refractivity contribution in [3.8, 4) is 5.75 Å². The van der Waals surface area contributed by atoms with Crippen molar-refractivity contribution >= 4 is 17.6 Å². The number of ether oxygens (including phenoxy) is 1. The first-order chi connectivity index (χ1) is 17.0. The molecule has 3 aromatic rings. The molecule has 0 spiro atoms. The zero-order valence-corrected chi connectivity index (χ0v) is 19.6. The number of anilines is 1. The summed E-state index contributed by atoms with van der Waals surface area (Å²) in [4.78, 5) is 27.6. The fraction of sp³-hybridized carbons (Fsp3) is 0.320. The van der Waals surface area contributed by atoms with E-state index in [0.717, 1.165) is 23.9 Å². The molecule has 1 atom stereocenters. The number of halogens is 4. The zero-order chi connectivity index (χ0) is 26.5. The molecular weight excluding hydrogens is 482 g/mol. The number of carbonyl (C=O) groups is 2. The number of nitrogens with one attached hydrogen (secondary N) is 1. The van der Waals surface area contributed by atoms with Crippen molar-refractivity contribution in [2.75, 3.05) is 11.9 Å². The van der Waals surface area contributed by atoms with Crippen LogP contribution in [0.15, 0.2) is 48.7 Å². The predicted molar refractivity (Wildman–Crippen MR) is 124 cm³/mol. The fourth-order valence-corrected chi connectivity index (χ4v) is 3.72. The van der Waals surface area contributed by atoms with Crippen LogP contribution in [-0.4, -0.2) is 33.1 Å². The summed E-state index contributed by atoms with van der Waals surface area (Å²) in [6.45, 7) is 3.98. The number of carboxylic acids is 1. The predicted octanol–water partition coefficient (Wildman–Crippen LogP) is 5.51. The van der Waals surface area contributed by atoms with Crippen LogP contribution in [0.25, 0.3) is 0 Å². The van der Waals surface area contributed by atoms with Crippen LogP contribution in [0.4, 0.5) is 23.2 Å². The average molecular weight is 507 g/mol. The first-order valence-corrected chi connectivity index (χ1v) is 11.2. The minimum atomic E-state index is -4.75. The Morgan fingerprint density at radius 3 is 2.53 bits per heavy atom. The van der Waals surface area contributed by atoms with E-state index in [9.17, 15) is 27.2 Å². The summed E-state index contributed by atoms with van der Waals surface area (Å²) >= 11 is 0. The van der Waals surface area contributed by atoms with Crippen LogP contribution in [0.2, 0.25) is 0 Å². The number of hydrogen-bond donors (Lipinski definition) is 2. The zero-order valence-electron chi connectivity index (χ0n) is 19.6. The van der Waals surface area contributed by atoms with Gasteiger partial charge in [-0.15, -0.1) is 0 Å². The number of carboxylic acid groups (broad SMARTS) is 1. The Morgan fingerprint density at radius 2 is 1.92 bits per heavy atom. The lowest BCUT2D eigenvalue weighted by Crippen LogP contribution is -2.22. The third-order valence-corrected chi connectivity index (χ3v) is 5.59. The lowest BCUT2D eigenvalue weighted by atomic mass is 10.1. The molecule has 7 nitrogen and oxygen atoms in total. The third kappa shape index (κ3) is 6.61. The molecule has 0 saturated carbocycles. The molecule has 1 aromatic carbocycles. The van der Waals surface area contributed by atoms with Crippen molar-refractivity contribution < 1.29 is 37.0 Å². The fourth-order valence-electron chi connectivity index (χ4n) is 3.72. The van der Waals surface area contributed by atoms with Gasteiger partial charge in [-0.1, -0.05) is 13.0 Å². The first kappa shape index (κ1) is 26.7. The maximum absolute atomic E-state index is 13.6. The molecule has 0 unspecified atom stereocenters. The van der Waals surface area contributed by atoms with Gasteiger partial charge in [0.05, 0.1) is 30.5 Å². The van der Waals surface area contributed by atoms with Gasteiger partial charge in [0.2, 0.25) is 5.95 Å². The van der Waals surface area contributed by atoms with Gasteiger partial charge < -0.3 is 19.7 Å². The number of carbonyl (C=O) groups excluding carboxylic acids is 1. The third-order valence-electron chi connectivity index (χ3n) is 5.59. The monoisotopic (exact) mass is 507 g/mol. The number of rotatable bonds is 10. The molecule has 2 heterocycles. The van der Waals surface area contributed by atoms with Crippen LogP contribution >= 0.6 is 0 Å². The molecule has 0 radical (unpaired) electrons. The summed E-state index contributed by atoms with van der Waals surface area (Å²) in [7, 11) is 0. The number of aromatic nitrogens is 2. The highest BCUT2D eigenvalue weighted by molar-refractivity contribution is 6.04. The summed E-state index contributed by atoms with van der Waals surface area (Å²) in [5, 5.41) is 11.3. The van der Waals surface area contributed by atoms with E-state index in [1.54, 1.807) is 10.6 Å². The molecule has 3 rings (SSSR count). The van der Waals surface area contributed by atoms with Crippen molar-refractivity contribution in [3.63, 3.8) is 0 Å². The first-order valence-electron chi connectivity index (χ1n) is 11.2. The van der Waals surface area contributed by atoms with Crippen LogP contribution in [0, 0.1) is 5.95 Å². The minimum Gasteiger partial charge on any atom is -0.492 e. The van der Waals surface area contributed by atoms with E-state index < -0.39 is 41.7 Å². The Morgan fingerprint density at radius 1 is 1.17 bits per heavy atom. The Hall–Kier alpha value is -3.89. The second kappa shape index (κ2) is 11.2. The lowest BCUT2D eigenvalue weighted by Gasteiger charge is -2.20.